The zero-order valence-electron chi connectivity index (χ0n) is 11.8. The number of nitrogens with zero attached hydrogens (tertiary/aromatic N) is 2. The number of hydrogen-bond acceptors (Lipinski definition) is 5. The van der Waals surface area contributed by atoms with E-state index in [2.05, 4.69) is 10.3 Å². The lowest BCUT2D eigenvalue weighted by Gasteiger charge is -2.04. The van der Waals surface area contributed by atoms with Crippen molar-refractivity contribution in [2.75, 3.05) is 17.6 Å². The van der Waals surface area contributed by atoms with Crippen molar-refractivity contribution in [2.45, 2.75) is 26.8 Å². The van der Waals surface area contributed by atoms with Gasteiger partial charge in [-0.1, -0.05) is 13.8 Å². The molecule has 0 aliphatic heterocycles. The molecule has 3 N–H and O–H groups in total. The summed E-state index contributed by atoms with van der Waals surface area (Å²) in [4.78, 5) is 16.6. The van der Waals surface area contributed by atoms with E-state index in [9.17, 15) is 4.79 Å². The number of hydrogen-bond donors (Lipinski definition) is 2. The first kappa shape index (κ1) is 14.6. The number of aromatic nitrogens is 2. The van der Waals surface area contributed by atoms with Gasteiger partial charge in [0.25, 0.3) is 0 Å². The van der Waals surface area contributed by atoms with Crippen LogP contribution in [-0.4, -0.2) is 21.9 Å². The molecular weight excluding hydrogens is 272 g/mol. The van der Waals surface area contributed by atoms with Gasteiger partial charge in [-0.25, -0.2) is 4.98 Å². The zero-order valence-corrected chi connectivity index (χ0v) is 12.6. The minimum atomic E-state index is -0.0231. The average molecular weight is 292 g/mol. The van der Waals surface area contributed by atoms with E-state index in [0.717, 1.165) is 24.5 Å². The highest BCUT2D eigenvalue weighted by molar-refractivity contribution is 7.18. The largest absolute Gasteiger partial charge is 0.397 e. The molecule has 0 saturated carbocycles. The van der Waals surface area contributed by atoms with Gasteiger partial charge in [-0.3, -0.25) is 4.79 Å². The number of nitrogens with two attached hydrogens (primary N) is 1. The molecule has 0 radical (unpaired) electrons. The molecule has 0 atom stereocenters. The predicted molar refractivity (Wildman–Crippen MR) is 83.2 cm³/mol. The Labute approximate surface area is 122 Å². The van der Waals surface area contributed by atoms with Gasteiger partial charge in [0.15, 0.2) is 5.78 Å². The number of ketones is 1. The van der Waals surface area contributed by atoms with Crippen molar-refractivity contribution >= 4 is 27.8 Å². The molecule has 0 aliphatic rings. The van der Waals surface area contributed by atoms with Crippen LogP contribution in [0.3, 0.4) is 0 Å². The van der Waals surface area contributed by atoms with E-state index in [0.29, 0.717) is 10.6 Å². The van der Waals surface area contributed by atoms with Crippen LogP contribution in [0.25, 0.3) is 0 Å². The Kier molecular flexibility index (Phi) is 4.79. The van der Waals surface area contributed by atoms with Gasteiger partial charge in [-0.2, -0.15) is 0 Å². The fourth-order valence-electron chi connectivity index (χ4n) is 1.84. The number of Topliss-reactive ketones (excluding diaryl/α,β-unsaturated/α-hetero) is 1. The van der Waals surface area contributed by atoms with Gasteiger partial charge < -0.3 is 15.6 Å². The van der Waals surface area contributed by atoms with Crippen LogP contribution < -0.4 is 11.1 Å². The van der Waals surface area contributed by atoms with Crippen LogP contribution in [0.5, 0.6) is 0 Å². The van der Waals surface area contributed by atoms with Crippen molar-refractivity contribution in [2.24, 2.45) is 5.92 Å². The Morgan fingerprint density at radius 3 is 3.00 bits per heavy atom. The number of rotatable bonds is 7. The van der Waals surface area contributed by atoms with E-state index >= 15 is 0 Å². The number of nitrogens with one attached hydrogen (secondary N) is 1. The van der Waals surface area contributed by atoms with Crippen LogP contribution in [0.2, 0.25) is 0 Å². The number of thiophene rings is 1. The number of carbonyl (C=O) groups is 1. The van der Waals surface area contributed by atoms with E-state index in [1.54, 1.807) is 6.20 Å². The molecule has 2 aromatic rings. The normalized spacial score (nSPS) is 10.9. The molecule has 108 valence electrons. The number of carbonyl (C=O) groups excluding carboxylic acids is 1. The first-order valence-electron chi connectivity index (χ1n) is 6.71. The summed E-state index contributed by atoms with van der Waals surface area (Å²) in [7, 11) is 0. The van der Waals surface area contributed by atoms with Crippen LogP contribution >= 0.6 is 11.3 Å². The molecule has 0 spiro atoms. The summed E-state index contributed by atoms with van der Waals surface area (Å²) in [5.41, 5.74) is 6.47. The fraction of sp³-hybridized carbons (Fsp3) is 0.429. The number of aryl methyl sites for hydroxylation is 1. The zero-order chi connectivity index (χ0) is 14.5. The summed E-state index contributed by atoms with van der Waals surface area (Å²) >= 11 is 1.44. The molecule has 20 heavy (non-hydrogen) atoms. The lowest BCUT2D eigenvalue weighted by Crippen LogP contribution is -2.07. The van der Waals surface area contributed by atoms with Crippen molar-refractivity contribution in [1.29, 1.82) is 0 Å². The lowest BCUT2D eigenvalue weighted by atomic mass is 10.1. The second kappa shape index (κ2) is 6.56. The second-order valence-electron chi connectivity index (χ2n) is 4.99. The molecule has 2 rings (SSSR count). The van der Waals surface area contributed by atoms with Crippen molar-refractivity contribution < 1.29 is 4.79 Å². The second-order valence-corrected chi connectivity index (χ2v) is 6.05. The first-order chi connectivity index (χ1) is 9.58. The fourth-order valence-corrected chi connectivity index (χ4v) is 2.93. The van der Waals surface area contributed by atoms with Crippen molar-refractivity contribution in [3.05, 3.63) is 29.7 Å². The SMILES string of the molecule is CC(C)C(=O)c1sc(NCCCn2ccnc2)cc1N. The summed E-state index contributed by atoms with van der Waals surface area (Å²) in [6, 6.07) is 1.84. The summed E-state index contributed by atoms with van der Waals surface area (Å²) < 4.78 is 2.04. The van der Waals surface area contributed by atoms with Gasteiger partial charge >= 0.3 is 0 Å². The highest BCUT2D eigenvalue weighted by Crippen LogP contribution is 2.31. The van der Waals surface area contributed by atoms with E-state index in [-0.39, 0.29) is 11.7 Å². The summed E-state index contributed by atoms with van der Waals surface area (Å²) in [5.74, 6) is 0.0870. The molecule has 2 heterocycles. The van der Waals surface area contributed by atoms with Crippen LogP contribution in [0.15, 0.2) is 24.8 Å². The summed E-state index contributed by atoms with van der Waals surface area (Å²) in [5, 5.41) is 4.27. The lowest BCUT2D eigenvalue weighted by molar-refractivity contribution is 0.0944. The standard InChI is InChI=1S/C14H20N4OS/c1-10(2)13(19)14-11(15)8-12(20-14)17-4-3-6-18-7-5-16-9-18/h5,7-10,17H,3-4,6,15H2,1-2H3. The third kappa shape index (κ3) is 3.60. The molecule has 5 nitrogen and oxygen atoms in total. The Balaban J connectivity index is 1.84. The van der Waals surface area contributed by atoms with E-state index in [4.69, 9.17) is 5.73 Å². The van der Waals surface area contributed by atoms with Crippen LogP contribution in [0.4, 0.5) is 10.7 Å². The molecule has 0 fully saturated rings. The third-order valence-corrected chi connectivity index (χ3v) is 4.08. The summed E-state index contributed by atoms with van der Waals surface area (Å²) in [6.45, 7) is 5.54. The van der Waals surface area contributed by atoms with Crippen molar-refractivity contribution in [1.82, 2.24) is 9.55 Å². The van der Waals surface area contributed by atoms with Gasteiger partial charge in [-0.15, -0.1) is 11.3 Å². The molecule has 6 heteroatoms. The minimum Gasteiger partial charge on any atom is -0.397 e. The third-order valence-electron chi connectivity index (χ3n) is 2.96. The molecule has 0 aromatic carbocycles. The topological polar surface area (TPSA) is 72.9 Å². The monoisotopic (exact) mass is 292 g/mol. The Morgan fingerprint density at radius 1 is 1.55 bits per heavy atom. The predicted octanol–water partition coefficient (Wildman–Crippen LogP) is 2.87. The highest BCUT2D eigenvalue weighted by atomic mass is 32.1. The van der Waals surface area contributed by atoms with Crippen LogP contribution in [0.1, 0.15) is 29.9 Å². The van der Waals surface area contributed by atoms with Crippen molar-refractivity contribution in [3.8, 4) is 0 Å². The van der Waals surface area contributed by atoms with Gasteiger partial charge in [0.05, 0.1) is 21.9 Å². The van der Waals surface area contributed by atoms with Crippen molar-refractivity contribution in [3.63, 3.8) is 0 Å². The number of anilines is 2. The quantitative estimate of drug-likeness (QED) is 0.608. The van der Waals surface area contributed by atoms with Gasteiger partial charge in [-0.05, 0) is 12.5 Å². The van der Waals surface area contributed by atoms with E-state index in [1.807, 2.05) is 37.0 Å². The van der Waals surface area contributed by atoms with Gasteiger partial charge in [0, 0.05) is 31.4 Å². The maximum absolute atomic E-state index is 12.0. The molecular formula is C14H20N4OS. The van der Waals surface area contributed by atoms with E-state index < -0.39 is 0 Å². The van der Waals surface area contributed by atoms with Gasteiger partial charge in [0.1, 0.15) is 0 Å². The van der Waals surface area contributed by atoms with Crippen LogP contribution in [0, 0.1) is 5.92 Å². The van der Waals surface area contributed by atoms with Gasteiger partial charge in [0.2, 0.25) is 0 Å². The highest BCUT2D eigenvalue weighted by Gasteiger charge is 2.17. The van der Waals surface area contributed by atoms with Crippen LogP contribution in [-0.2, 0) is 6.54 Å². The maximum atomic E-state index is 12.0. The smallest absolute Gasteiger partial charge is 0.177 e. The Morgan fingerprint density at radius 2 is 2.35 bits per heavy atom. The minimum absolute atomic E-state index is 0.0231. The maximum Gasteiger partial charge on any atom is 0.177 e. The molecule has 0 saturated heterocycles. The molecule has 0 aliphatic carbocycles. The number of imidazole rings is 1. The molecule has 2 aromatic heterocycles. The molecule has 0 bridgehead atoms. The first-order valence-corrected chi connectivity index (χ1v) is 7.52. The molecule has 0 amide bonds. The average Bonchev–Trinajstić information content (AvgIpc) is 3.03. The Hall–Kier alpha value is -1.82. The Bertz CT molecular complexity index is 560. The van der Waals surface area contributed by atoms with E-state index in [1.165, 1.54) is 11.3 Å². The molecule has 0 unspecified atom stereocenters. The summed E-state index contributed by atoms with van der Waals surface area (Å²) in [6.07, 6.45) is 6.52. The number of nitrogen functional groups attached to an aromatic ring is 1.